The Kier molecular flexibility index (Phi) is 4.89. The molecule has 106 valence electrons. The molecule has 5 heteroatoms. The van der Waals surface area contributed by atoms with Gasteiger partial charge in [-0.2, -0.15) is 0 Å². The van der Waals surface area contributed by atoms with Gasteiger partial charge in [-0.1, -0.05) is 46.6 Å². The molecule has 1 aromatic carbocycles. The van der Waals surface area contributed by atoms with E-state index in [9.17, 15) is 0 Å². The predicted molar refractivity (Wildman–Crippen MR) is 89.0 cm³/mol. The topological polar surface area (TPSA) is 43.8 Å². The summed E-state index contributed by atoms with van der Waals surface area (Å²) in [5.41, 5.74) is 8.00. The van der Waals surface area contributed by atoms with Crippen molar-refractivity contribution in [2.45, 2.75) is 26.3 Å². The second-order valence-electron chi connectivity index (χ2n) is 4.54. The van der Waals surface area contributed by atoms with Crippen LogP contribution >= 0.6 is 27.5 Å². The number of hydrogen-bond acceptors (Lipinski definition) is 2. The van der Waals surface area contributed by atoms with Crippen molar-refractivity contribution < 1.29 is 0 Å². The summed E-state index contributed by atoms with van der Waals surface area (Å²) in [6, 6.07) is 5.62. The van der Waals surface area contributed by atoms with Crippen molar-refractivity contribution in [3.8, 4) is 11.3 Å². The third kappa shape index (κ3) is 2.91. The largest absolute Gasteiger partial charge is 0.383 e. The molecule has 0 bridgehead atoms. The smallest absolute Gasteiger partial charge is 0.132 e. The molecule has 0 spiro atoms. The number of nitrogens with two attached hydrogens (primary N) is 1. The summed E-state index contributed by atoms with van der Waals surface area (Å²) in [6.45, 7) is 6.57. The SMILES string of the molecule is C=CCn1c(CCC)nc(-c2ccc(Cl)cc2Br)c1N. The maximum atomic E-state index is 6.26. The Hall–Kier alpha value is -1.26. The van der Waals surface area contributed by atoms with E-state index in [1.165, 1.54) is 0 Å². The van der Waals surface area contributed by atoms with E-state index in [0.717, 1.165) is 34.4 Å². The summed E-state index contributed by atoms with van der Waals surface area (Å²) < 4.78 is 2.90. The molecule has 0 amide bonds. The van der Waals surface area contributed by atoms with E-state index < -0.39 is 0 Å². The zero-order valence-corrected chi connectivity index (χ0v) is 13.7. The number of nitrogens with zero attached hydrogens (tertiary/aromatic N) is 2. The first-order chi connectivity index (χ1) is 9.58. The molecular formula is C15H17BrClN3. The van der Waals surface area contributed by atoms with Gasteiger partial charge in [0.25, 0.3) is 0 Å². The second-order valence-corrected chi connectivity index (χ2v) is 5.83. The fourth-order valence-electron chi connectivity index (χ4n) is 2.14. The highest BCUT2D eigenvalue weighted by molar-refractivity contribution is 9.10. The summed E-state index contributed by atoms with van der Waals surface area (Å²) >= 11 is 9.50. The average molecular weight is 355 g/mol. The molecule has 0 aliphatic rings. The lowest BCUT2D eigenvalue weighted by atomic mass is 10.1. The highest BCUT2D eigenvalue weighted by Crippen LogP contribution is 2.34. The third-order valence-electron chi connectivity index (χ3n) is 3.06. The minimum absolute atomic E-state index is 0.663. The van der Waals surface area contributed by atoms with Crippen LogP contribution in [0.3, 0.4) is 0 Å². The quantitative estimate of drug-likeness (QED) is 0.792. The summed E-state index contributed by atoms with van der Waals surface area (Å²) in [7, 11) is 0. The summed E-state index contributed by atoms with van der Waals surface area (Å²) in [5.74, 6) is 1.65. The van der Waals surface area contributed by atoms with Crippen molar-refractivity contribution in [1.29, 1.82) is 0 Å². The van der Waals surface area contributed by atoms with Gasteiger partial charge in [0.05, 0.1) is 0 Å². The van der Waals surface area contributed by atoms with Crippen molar-refractivity contribution in [3.63, 3.8) is 0 Å². The Morgan fingerprint density at radius 1 is 1.50 bits per heavy atom. The van der Waals surface area contributed by atoms with Crippen LogP contribution in [0.25, 0.3) is 11.3 Å². The zero-order valence-electron chi connectivity index (χ0n) is 11.4. The first kappa shape index (κ1) is 15.1. The number of halogens is 2. The third-order valence-corrected chi connectivity index (χ3v) is 3.95. The molecule has 1 aromatic heterocycles. The van der Waals surface area contributed by atoms with E-state index in [1.54, 1.807) is 0 Å². The molecule has 0 saturated carbocycles. The lowest BCUT2D eigenvalue weighted by Gasteiger charge is -2.06. The highest BCUT2D eigenvalue weighted by Gasteiger charge is 2.17. The molecule has 0 unspecified atom stereocenters. The molecule has 2 N–H and O–H groups in total. The van der Waals surface area contributed by atoms with Gasteiger partial charge in [-0.3, -0.25) is 0 Å². The van der Waals surface area contributed by atoms with Gasteiger partial charge in [0.2, 0.25) is 0 Å². The molecule has 3 nitrogen and oxygen atoms in total. The lowest BCUT2D eigenvalue weighted by Crippen LogP contribution is -2.05. The van der Waals surface area contributed by atoms with Crippen LogP contribution in [-0.2, 0) is 13.0 Å². The van der Waals surface area contributed by atoms with E-state index >= 15 is 0 Å². The number of benzene rings is 1. The summed E-state index contributed by atoms with van der Waals surface area (Å²) in [5, 5.41) is 0.679. The van der Waals surface area contributed by atoms with E-state index in [-0.39, 0.29) is 0 Å². The lowest BCUT2D eigenvalue weighted by molar-refractivity contribution is 0.724. The molecule has 1 heterocycles. The molecule has 2 rings (SSSR count). The van der Waals surface area contributed by atoms with Crippen LogP contribution in [0.5, 0.6) is 0 Å². The van der Waals surface area contributed by atoms with Gasteiger partial charge in [-0.05, 0) is 18.6 Å². The molecule has 0 atom stereocenters. The van der Waals surface area contributed by atoms with Crippen LogP contribution in [0.2, 0.25) is 5.02 Å². The zero-order chi connectivity index (χ0) is 14.7. The van der Waals surface area contributed by atoms with E-state index in [1.807, 2.05) is 28.8 Å². The van der Waals surface area contributed by atoms with E-state index in [0.29, 0.717) is 17.4 Å². The maximum absolute atomic E-state index is 6.26. The first-order valence-corrected chi connectivity index (χ1v) is 7.66. The number of imidazole rings is 1. The Morgan fingerprint density at radius 2 is 2.25 bits per heavy atom. The van der Waals surface area contributed by atoms with Crippen LogP contribution in [-0.4, -0.2) is 9.55 Å². The number of nitrogen functional groups attached to an aromatic ring is 1. The average Bonchev–Trinajstić information content (AvgIpc) is 2.69. The number of aromatic nitrogens is 2. The van der Waals surface area contributed by atoms with Gasteiger partial charge in [-0.25, -0.2) is 4.98 Å². The molecule has 0 saturated heterocycles. The van der Waals surface area contributed by atoms with Crippen molar-refractivity contribution >= 4 is 33.3 Å². The van der Waals surface area contributed by atoms with Gasteiger partial charge in [0, 0.05) is 28.0 Å². The molecule has 2 aromatic rings. The molecule has 0 aliphatic carbocycles. The van der Waals surface area contributed by atoms with Gasteiger partial charge in [0.1, 0.15) is 17.3 Å². The van der Waals surface area contributed by atoms with Crippen molar-refractivity contribution in [2.75, 3.05) is 5.73 Å². The van der Waals surface area contributed by atoms with Crippen LogP contribution in [0.4, 0.5) is 5.82 Å². The number of anilines is 1. The fourth-order valence-corrected chi connectivity index (χ4v) is 3.01. The molecule has 0 fully saturated rings. The number of rotatable bonds is 5. The summed E-state index contributed by atoms with van der Waals surface area (Å²) in [4.78, 5) is 4.70. The Labute approximate surface area is 132 Å². The van der Waals surface area contributed by atoms with E-state index in [2.05, 4.69) is 29.4 Å². The minimum atomic E-state index is 0.663. The number of hydrogen-bond donors (Lipinski definition) is 1. The summed E-state index contributed by atoms with van der Waals surface area (Å²) in [6.07, 6.45) is 3.75. The van der Waals surface area contributed by atoms with Crippen LogP contribution in [0, 0.1) is 0 Å². The van der Waals surface area contributed by atoms with Crippen molar-refractivity contribution in [2.24, 2.45) is 0 Å². The molecule has 0 aliphatic heterocycles. The van der Waals surface area contributed by atoms with Crippen LogP contribution < -0.4 is 5.73 Å². The maximum Gasteiger partial charge on any atom is 0.132 e. The molecule has 20 heavy (non-hydrogen) atoms. The van der Waals surface area contributed by atoms with E-state index in [4.69, 9.17) is 22.3 Å². The number of allylic oxidation sites excluding steroid dienone is 1. The molecule has 0 radical (unpaired) electrons. The fraction of sp³-hybridized carbons (Fsp3) is 0.267. The Morgan fingerprint density at radius 3 is 2.85 bits per heavy atom. The van der Waals surface area contributed by atoms with Gasteiger partial charge >= 0.3 is 0 Å². The normalized spacial score (nSPS) is 10.8. The van der Waals surface area contributed by atoms with Crippen molar-refractivity contribution in [1.82, 2.24) is 9.55 Å². The van der Waals surface area contributed by atoms with Gasteiger partial charge in [0.15, 0.2) is 0 Å². The standard InChI is InChI=1S/C15H17BrClN3/c1-3-5-13-19-14(15(18)20(13)8-4-2)11-7-6-10(17)9-12(11)16/h4,6-7,9H,2-3,5,8,18H2,1H3. The monoisotopic (exact) mass is 353 g/mol. The minimum Gasteiger partial charge on any atom is -0.383 e. The Balaban J connectivity index is 2.56. The van der Waals surface area contributed by atoms with Crippen LogP contribution in [0.15, 0.2) is 35.3 Å². The Bertz CT molecular complexity index is 634. The predicted octanol–water partition coefficient (Wildman–Crippen LogP) is 4.69. The number of aryl methyl sites for hydroxylation is 1. The van der Waals surface area contributed by atoms with Gasteiger partial charge in [-0.15, -0.1) is 6.58 Å². The molecular weight excluding hydrogens is 338 g/mol. The highest BCUT2D eigenvalue weighted by atomic mass is 79.9. The first-order valence-electron chi connectivity index (χ1n) is 6.49. The van der Waals surface area contributed by atoms with Crippen LogP contribution in [0.1, 0.15) is 19.2 Å². The second kappa shape index (κ2) is 6.46. The van der Waals surface area contributed by atoms with Crippen molar-refractivity contribution in [3.05, 3.63) is 46.2 Å². The van der Waals surface area contributed by atoms with Gasteiger partial charge < -0.3 is 10.3 Å².